The number of esters is 2. The molecule has 2 aliphatic heterocycles. The van der Waals surface area contributed by atoms with E-state index in [0.29, 0.717) is 11.5 Å². The van der Waals surface area contributed by atoms with Gasteiger partial charge in [-0.2, -0.15) is 0 Å². The maximum Gasteiger partial charge on any atom is 0.337 e. The first-order valence-electron chi connectivity index (χ1n) is 9.00. The monoisotopic (exact) mass is 331 g/mol. The Hall–Kier alpha value is -1.78. The van der Waals surface area contributed by atoms with Gasteiger partial charge in [0.25, 0.3) is 0 Å². The fourth-order valence-corrected chi connectivity index (χ4v) is 5.71. The molecule has 0 aromatic carbocycles. The summed E-state index contributed by atoms with van der Waals surface area (Å²) in [6, 6.07) is 0. The molecule has 0 aromatic rings. The fraction of sp³-hybridized carbons (Fsp3) is 0.684. The van der Waals surface area contributed by atoms with E-state index in [0.717, 1.165) is 38.8 Å². The molecule has 1 spiro atoms. The van der Waals surface area contributed by atoms with Crippen molar-refractivity contribution in [1.29, 1.82) is 0 Å². The number of piperidine rings is 1. The number of carbonyl (C=O) groups excluding carboxylic acids is 2. The average molecular weight is 331 g/mol. The van der Waals surface area contributed by atoms with Crippen LogP contribution in [0.2, 0.25) is 0 Å². The van der Waals surface area contributed by atoms with E-state index in [-0.39, 0.29) is 29.4 Å². The molecule has 4 atom stereocenters. The van der Waals surface area contributed by atoms with E-state index in [2.05, 4.69) is 17.1 Å². The lowest BCUT2D eigenvalue weighted by Gasteiger charge is -2.50. The van der Waals surface area contributed by atoms with Crippen molar-refractivity contribution in [2.75, 3.05) is 20.2 Å². The van der Waals surface area contributed by atoms with E-state index in [1.807, 2.05) is 0 Å². The van der Waals surface area contributed by atoms with Crippen molar-refractivity contribution in [2.45, 2.75) is 45.1 Å². The summed E-state index contributed by atoms with van der Waals surface area (Å²) in [7, 11) is 1.43. The molecule has 1 saturated carbocycles. The second-order valence-corrected chi connectivity index (χ2v) is 7.51. The third-order valence-electron chi connectivity index (χ3n) is 6.45. The minimum Gasteiger partial charge on any atom is -0.465 e. The number of methoxy groups -OCH3 is 1. The summed E-state index contributed by atoms with van der Waals surface area (Å²) < 4.78 is 10.7. The van der Waals surface area contributed by atoms with Crippen LogP contribution < -0.4 is 0 Å². The Bertz CT molecular complexity index is 637. The van der Waals surface area contributed by atoms with E-state index in [1.54, 1.807) is 0 Å². The van der Waals surface area contributed by atoms with Crippen LogP contribution in [0.3, 0.4) is 0 Å². The Balaban J connectivity index is 1.81. The van der Waals surface area contributed by atoms with Crippen molar-refractivity contribution in [3.63, 3.8) is 0 Å². The highest BCUT2D eigenvalue weighted by Crippen LogP contribution is 2.63. The standard InChI is InChI=1S/C19H25NO4/c1-12(21)24-16-11-14-9-13(18(22)23-2)10-17-19(14)6-4-8-20(17)7-3-5-15(16)19/h9-10,14-16H,3-8,11H2,1-2H3/t14-,15+,16-,19+/m0/s1. The van der Waals surface area contributed by atoms with E-state index in [9.17, 15) is 9.59 Å². The topological polar surface area (TPSA) is 55.8 Å². The molecule has 5 heteroatoms. The summed E-state index contributed by atoms with van der Waals surface area (Å²) in [6.07, 6.45) is 9.39. The molecule has 0 aromatic heterocycles. The summed E-state index contributed by atoms with van der Waals surface area (Å²) in [5.74, 6) is 0.142. The molecule has 2 heterocycles. The SMILES string of the molecule is COC(=O)C1=C[C@H]2C[C@H](OC(C)=O)[C@H]3CCCN4CCC[C@]32C4=C1. The Morgan fingerprint density at radius 1 is 1.29 bits per heavy atom. The first-order valence-corrected chi connectivity index (χ1v) is 9.00. The number of allylic oxidation sites excluding steroid dienone is 2. The molecule has 0 radical (unpaired) electrons. The molecule has 130 valence electrons. The first kappa shape index (κ1) is 15.7. The van der Waals surface area contributed by atoms with Crippen molar-refractivity contribution in [3.8, 4) is 0 Å². The van der Waals surface area contributed by atoms with Gasteiger partial charge in [0, 0.05) is 37.0 Å². The number of rotatable bonds is 2. The predicted octanol–water partition coefficient (Wildman–Crippen LogP) is 2.43. The summed E-state index contributed by atoms with van der Waals surface area (Å²) in [6.45, 7) is 3.58. The smallest absolute Gasteiger partial charge is 0.337 e. The number of ether oxygens (including phenoxy) is 2. The summed E-state index contributed by atoms with van der Waals surface area (Å²) in [4.78, 5) is 26.2. The van der Waals surface area contributed by atoms with E-state index in [4.69, 9.17) is 9.47 Å². The van der Waals surface area contributed by atoms with E-state index in [1.165, 1.54) is 26.2 Å². The molecule has 5 nitrogen and oxygen atoms in total. The number of nitrogens with zero attached hydrogens (tertiary/aromatic N) is 1. The lowest BCUT2D eigenvalue weighted by Crippen LogP contribution is -2.46. The highest BCUT2D eigenvalue weighted by molar-refractivity contribution is 5.92. The van der Waals surface area contributed by atoms with Crippen LogP contribution in [-0.2, 0) is 19.1 Å². The van der Waals surface area contributed by atoms with Gasteiger partial charge in [-0.15, -0.1) is 0 Å². The Labute approximate surface area is 142 Å². The van der Waals surface area contributed by atoms with Gasteiger partial charge in [-0.05, 0) is 44.1 Å². The molecular weight excluding hydrogens is 306 g/mol. The van der Waals surface area contributed by atoms with Gasteiger partial charge in [-0.1, -0.05) is 6.08 Å². The molecule has 0 N–H and O–H groups in total. The zero-order chi connectivity index (χ0) is 16.9. The van der Waals surface area contributed by atoms with Gasteiger partial charge in [0.05, 0.1) is 12.7 Å². The molecule has 4 rings (SSSR count). The number of carbonyl (C=O) groups is 2. The summed E-state index contributed by atoms with van der Waals surface area (Å²) >= 11 is 0. The third-order valence-corrected chi connectivity index (χ3v) is 6.45. The van der Waals surface area contributed by atoms with Crippen molar-refractivity contribution in [3.05, 3.63) is 23.4 Å². The molecule has 3 fully saturated rings. The molecule has 2 saturated heterocycles. The van der Waals surface area contributed by atoms with Gasteiger partial charge >= 0.3 is 11.9 Å². The average Bonchev–Trinajstić information content (AvgIpc) is 2.79. The minimum atomic E-state index is -0.270. The van der Waals surface area contributed by atoms with E-state index < -0.39 is 0 Å². The maximum atomic E-state index is 12.1. The van der Waals surface area contributed by atoms with Crippen LogP contribution in [0, 0.1) is 17.3 Å². The van der Waals surface area contributed by atoms with Crippen LogP contribution >= 0.6 is 0 Å². The Morgan fingerprint density at radius 3 is 2.83 bits per heavy atom. The molecule has 24 heavy (non-hydrogen) atoms. The molecule has 0 amide bonds. The lowest BCUT2D eigenvalue weighted by atomic mass is 9.62. The van der Waals surface area contributed by atoms with Gasteiger partial charge in [0.2, 0.25) is 0 Å². The van der Waals surface area contributed by atoms with Crippen molar-refractivity contribution in [1.82, 2.24) is 4.90 Å². The van der Waals surface area contributed by atoms with Crippen LogP contribution in [0.1, 0.15) is 39.0 Å². The van der Waals surface area contributed by atoms with Gasteiger partial charge in [-0.25, -0.2) is 4.79 Å². The highest BCUT2D eigenvalue weighted by Gasteiger charge is 2.60. The van der Waals surface area contributed by atoms with Gasteiger partial charge in [-0.3, -0.25) is 4.79 Å². The second-order valence-electron chi connectivity index (χ2n) is 7.51. The maximum absolute atomic E-state index is 12.1. The normalized spacial score (nSPS) is 36.9. The number of hydrogen-bond acceptors (Lipinski definition) is 5. The van der Waals surface area contributed by atoms with Gasteiger partial charge in [0.1, 0.15) is 6.10 Å². The Morgan fingerprint density at radius 2 is 2.08 bits per heavy atom. The van der Waals surface area contributed by atoms with Crippen LogP contribution in [0.4, 0.5) is 0 Å². The fourth-order valence-electron chi connectivity index (χ4n) is 5.71. The molecule has 2 bridgehead atoms. The molecular formula is C19H25NO4. The quantitative estimate of drug-likeness (QED) is 0.728. The van der Waals surface area contributed by atoms with Gasteiger partial charge < -0.3 is 14.4 Å². The summed E-state index contributed by atoms with van der Waals surface area (Å²) in [5, 5.41) is 0. The van der Waals surface area contributed by atoms with Crippen molar-refractivity contribution < 1.29 is 19.1 Å². The zero-order valence-corrected chi connectivity index (χ0v) is 14.4. The number of hydrogen-bond donors (Lipinski definition) is 0. The zero-order valence-electron chi connectivity index (χ0n) is 14.4. The molecule has 2 aliphatic carbocycles. The van der Waals surface area contributed by atoms with Crippen LogP contribution in [0.25, 0.3) is 0 Å². The first-order chi connectivity index (χ1) is 11.6. The molecule has 4 aliphatic rings. The molecule has 0 unspecified atom stereocenters. The lowest BCUT2D eigenvalue weighted by molar-refractivity contribution is -0.149. The van der Waals surface area contributed by atoms with Gasteiger partial charge in [0.15, 0.2) is 0 Å². The second kappa shape index (κ2) is 5.64. The third kappa shape index (κ3) is 2.13. The minimum absolute atomic E-state index is 0.0341. The van der Waals surface area contributed by atoms with Crippen LogP contribution in [0.5, 0.6) is 0 Å². The largest absolute Gasteiger partial charge is 0.465 e. The Kier molecular flexibility index (Phi) is 3.70. The van der Waals surface area contributed by atoms with Crippen molar-refractivity contribution >= 4 is 11.9 Å². The highest BCUT2D eigenvalue weighted by atomic mass is 16.5. The predicted molar refractivity (Wildman–Crippen MR) is 87.8 cm³/mol. The van der Waals surface area contributed by atoms with Crippen molar-refractivity contribution in [2.24, 2.45) is 17.3 Å². The van der Waals surface area contributed by atoms with Crippen LogP contribution in [-0.4, -0.2) is 43.1 Å². The van der Waals surface area contributed by atoms with E-state index >= 15 is 0 Å². The summed E-state index contributed by atoms with van der Waals surface area (Å²) in [5.41, 5.74) is 1.98. The van der Waals surface area contributed by atoms with Crippen LogP contribution in [0.15, 0.2) is 23.4 Å².